The second-order valence-corrected chi connectivity index (χ2v) is 6.23. The van der Waals surface area contributed by atoms with Gasteiger partial charge in [-0.2, -0.15) is 0 Å². The third kappa shape index (κ3) is 3.31. The van der Waals surface area contributed by atoms with Crippen molar-refractivity contribution >= 4 is 5.91 Å². The topological polar surface area (TPSA) is 51.0 Å². The van der Waals surface area contributed by atoms with Crippen LogP contribution < -0.4 is 0 Å². The molecule has 0 saturated carbocycles. The average Bonchev–Trinajstić information content (AvgIpc) is 2.80. The number of nitrogens with zero attached hydrogens (tertiary/aromatic N) is 4. The van der Waals surface area contributed by atoms with E-state index in [2.05, 4.69) is 31.1 Å². The number of piperidine rings is 1. The Hall–Kier alpha value is -1.39. The predicted molar refractivity (Wildman–Crippen MR) is 68.9 cm³/mol. The van der Waals surface area contributed by atoms with Gasteiger partial charge in [0.1, 0.15) is 0 Å². The van der Waals surface area contributed by atoms with Crippen LogP contribution in [0.25, 0.3) is 0 Å². The van der Waals surface area contributed by atoms with Gasteiger partial charge >= 0.3 is 0 Å². The summed E-state index contributed by atoms with van der Waals surface area (Å²) in [7, 11) is 0. The Labute approximate surface area is 108 Å². The van der Waals surface area contributed by atoms with E-state index in [1.165, 1.54) is 0 Å². The SMILES string of the molecule is CC(C)(C)CC(=O)N1CCC(n2ccnn2)CC1. The van der Waals surface area contributed by atoms with E-state index in [1.807, 2.05) is 15.8 Å². The molecule has 1 aromatic rings. The number of carbonyl (C=O) groups is 1. The first-order chi connectivity index (χ1) is 8.46. The Balaban J connectivity index is 1.85. The van der Waals surface area contributed by atoms with Crippen LogP contribution in [-0.2, 0) is 4.79 Å². The van der Waals surface area contributed by atoms with Crippen molar-refractivity contribution in [1.82, 2.24) is 19.9 Å². The molecular formula is C13H22N4O. The van der Waals surface area contributed by atoms with Gasteiger partial charge in [-0.05, 0) is 18.3 Å². The molecule has 1 amide bonds. The van der Waals surface area contributed by atoms with Crippen LogP contribution in [0, 0.1) is 5.41 Å². The minimum Gasteiger partial charge on any atom is -0.343 e. The summed E-state index contributed by atoms with van der Waals surface area (Å²) < 4.78 is 1.91. The Morgan fingerprint density at radius 2 is 2.00 bits per heavy atom. The lowest BCUT2D eigenvalue weighted by molar-refractivity contribution is -0.134. The molecule has 5 heteroatoms. The van der Waals surface area contributed by atoms with Gasteiger partial charge in [0.2, 0.25) is 5.91 Å². The maximum absolute atomic E-state index is 12.1. The molecule has 5 nitrogen and oxygen atoms in total. The average molecular weight is 250 g/mol. The Kier molecular flexibility index (Phi) is 3.68. The van der Waals surface area contributed by atoms with Gasteiger partial charge in [-0.25, -0.2) is 4.68 Å². The van der Waals surface area contributed by atoms with E-state index in [0.717, 1.165) is 25.9 Å². The normalized spacial score (nSPS) is 18.1. The summed E-state index contributed by atoms with van der Waals surface area (Å²) in [5.74, 6) is 0.277. The van der Waals surface area contributed by atoms with Crippen LogP contribution >= 0.6 is 0 Å². The molecule has 0 aromatic carbocycles. The predicted octanol–water partition coefficient (Wildman–Crippen LogP) is 1.88. The molecule has 0 spiro atoms. The van der Waals surface area contributed by atoms with Crippen LogP contribution in [0.1, 0.15) is 46.1 Å². The van der Waals surface area contributed by atoms with Crippen molar-refractivity contribution in [3.8, 4) is 0 Å². The molecule has 0 atom stereocenters. The van der Waals surface area contributed by atoms with Crippen molar-refractivity contribution in [1.29, 1.82) is 0 Å². The zero-order chi connectivity index (χ0) is 13.2. The summed E-state index contributed by atoms with van der Waals surface area (Å²) in [5, 5.41) is 7.86. The van der Waals surface area contributed by atoms with Gasteiger partial charge in [0.25, 0.3) is 0 Å². The molecule has 1 aromatic heterocycles. The first-order valence-corrected chi connectivity index (χ1v) is 6.59. The fourth-order valence-electron chi connectivity index (χ4n) is 2.36. The second kappa shape index (κ2) is 5.08. The molecule has 0 N–H and O–H groups in total. The fraction of sp³-hybridized carbons (Fsp3) is 0.769. The monoisotopic (exact) mass is 250 g/mol. The number of carbonyl (C=O) groups excluding carboxylic acids is 1. The van der Waals surface area contributed by atoms with Crippen molar-refractivity contribution in [2.45, 2.75) is 46.1 Å². The third-order valence-corrected chi connectivity index (χ3v) is 3.31. The van der Waals surface area contributed by atoms with E-state index in [9.17, 15) is 4.79 Å². The molecule has 1 aliphatic rings. The quantitative estimate of drug-likeness (QED) is 0.805. The molecule has 2 rings (SSSR count). The van der Waals surface area contributed by atoms with Crippen molar-refractivity contribution < 1.29 is 4.79 Å². The number of rotatable bonds is 2. The van der Waals surface area contributed by atoms with E-state index in [4.69, 9.17) is 0 Å². The maximum atomic E-state index is 12.1. The summed E-state index contributed by atoms with van der Waals surface area (Å²) in [4.78, 5) is 14.1. The van der Waals surface area contributed by atoms with Crippen LogP contribution in [-0.4, -0.2) is 38.9 Å². The van der Waals surface area contributed by atoms with Crippen LogP contribution in [0.3, 0.4) is 0 Å². The minimum atomic E-state index is 0.0693. The van der Waals surface area contributed by atoms with Crippen LogP contribution in [0.5, 0.6) is 0 Å². The van der Waals surface area contributed by atoms with Gasteiger partial charge in [-0.1, -0.05) is 26.0 Å². The lowest BCUT2D eigenvalue weighted by atomic mass is 9.91. The van der Waals surface area contributed by atoms with Crippen molar-refractivity contribution in [3.05, 3.63) is 12.4 Å². The number of hydrogen-bond donors (Lipinski definition) is 0. The van der Waals surface area contributed by atoms with E-state index in [1.54, 1.807) is 6.20 Å². The van der Waals surface area contributed by atoms with E-state index in [0.29, 0.717) is 12.5 Å². The lowest BCUT2D eigenvalue weighted by Crippen LogP contribution is -2.40. The smallest absolute Gasteiger partial charge is 0.223 e. The van der Waals surface area contributed by atoms with Crippen LogP contribution in [0.4, 0.5) is 0 Å². The maximum Gasteiger partial charge on any atom is 0.223 e. The highest BCUT2D eigenvalue weighted by atomic mass is 16.2. The summed E-state index contributed by atoms with van der Waals surface area (Å²) in [6.07, 6.45) is 6.17. The number of aromatic nitrogens is 3. The van der Waals surface area contributed by atoms with Gasteiger partial charge in [0.15, 0.2) is 0 Å². The van der Waals surface area contributed by atoms with Gasteiger partial charge in [-0.15, -0.1) is 5.10 Å². The van der Waals surface area contributed by atoms with Crippen molar-refractivity contribution in [2.24, 2.45) is 5.41 Å². The largest absolute Gasteiger partial charge is 0.343 e. The molecule has 100 valence electrons. The number of likely N-dealkylation sites (tertiary alicyclic amines) is 1. The van der Waals surface area contributed by atoms with E-state index >= 15 is 0 Å². The molecule has 0 aliphatic carbocycles. The molecular weight excluding hydrogens is 228 g/mol. The molecule has 1 aliphatic heterocycles. The molecule has 2 heterocycles. The van der Waals surface area contributed by atoms with Gasteiger partial charge in [-0.3, -0.25) is 4.79 Å². The molecule has 0 radical (unpaired) electrons. The van der Waals surface area contributed by atoms with Gasteiger partial charge in [0.05, 0.1) is 12.2 Å². The Morgan fingerprint density at radius 1 is 1.33 bits per heavy atom. The highest BCUT2D eigenvalue weighted by molar-refractivity contribution is 5.76. The highest BCUT2D eigenvalue weighted by Crippen LogP contribution is 2.25. The molecule has 1 fully saturated rings. The number of amides is 1. The zero-order valence-corrected chi connectivity index (χ0v) is 11.5. The Morgan fingerprint density at radius 3 is 2.50 bits per heavy atom. The molecule has 18 heavy (non-hydrogen) atoms. The van der Waals surface area contributed by atoms with Gasteiger partial charge in [0, 0.05) is 25.7 Å². The Bertz CT molecular complexity index is 386. The summed E-state index contributed by atoms with van der Waals surface area (Å²) in [6, 6.07) is 0.395. The van der Waals surface area contributed by atoms with E-state index < -0.39 is 0 Å². The standard InChI is InChI=1S/C13H22N4O/c1-13(2,3)10-12(18)16-7-4-11(5-8-16)17-9-6-14-15-17/h6,9,11H,4-5,7-8,10H2,1-3H3. The summed E-state index contributed by atoms with van der Waals surface area (Å²) >= 11 is 0. The van der Waals surface area contributed by atoms with E-state index in [-0.39, 0.29) is 11.3 Å². The van der Waals surface area contributed by atoms with Crippen LogP contribution in [0.2, 0.25) is 0 Å². The molecule has 0 unspecified atom stereocenters. The second-order valence-electron chi connectivity index (χ2n) is 6.23. The first kappa shape index (κ1) is 13.1. The molecule has 0 bridgehead atoms. The van der Waals surface area contributed by atoms with Gasteiger partial charge < -0.3 is 4.90 Å². The van der Waals surface area contributed by atoms with Crippen LogP contribution in [0.15, 0.2) is 12.4 Å². The highest BCUT2D eigenvalue weighted by Gasteiger charge is 2.26. The lowest BCUT2D eigenvalue weighted by Gasteiger charge is -2.33. The summed E-state index contributed by atoms with van der Waals surface area (Å²) in [6.45, 7) is 7.98. The van der Waals surface area contributed by atoms with Crippen molar-refractivity contribution in [3.63, 3.8) is 0 Å². The van der Waals surface area contributed by atoms with Crippen molar-refractivity contribution in [2.75, 3.05) is 13.1 Å². The molecule has 1 saturated heterocycles. The fourth-order valence-corrected chi connectivity index (χ4v) is 2.36. The number of hydrogen-bond acceptors (Lipinski definition) is 3. The third-order valence-electron chi connectivity index (χ3n) is 3.31. The minimum absolute atomic E-state index is 0.0693. The first-order valence-electron chi connectivity index (χ1n) is 6.59. The zero-order valence-electron chi connectivity index (χ0n) is 11.5. The summed E-state index contributed by atoms with van der Waals surface area (Å²) in [5.41, 5.74) is 0.0693.